The van der Waals surface area contributed by atoms with E-state index in [0.717, 1.165) is 32.1 Å². The molecule has 4 aliphatic carbocycles. The number of carboxylic acids is 1. The lowest BCUT2D eigenvalue weighted by molar-refractivity contribution is -0.207. The number of hydrogen-bond donors (Lipinski definition) is 3. The third kappa shape index (κ3) is 3.77. The number of fused-ring (bicyclic) bond motifs is 5. The van der Waals surface area contributed by atoms with Gasteiger partial charge >= 0.3 is 5.97 Å². The zero-order valence-electron chi connectivity index (χ0n) is 23.0. The molecule has 35 heavy (non-hydrogen) atoms. The minimum absolute atomic E-state index is 0.0588. The van der Waals surface area contributed by atoms with E-state index in [1.807, 2.05) is 6.92 Å². The van der Waals surface area contributed by atoms with Gasteiger partial charge in [-0.3, -0.25) is 4.79 Å². The molecular weight excluding hydrogens is 440 g/mol. The summed E-state index contributed by atoms with van der Waals surface area (Å²) in [5.41, 5.74) is -0.914. The van der Waals surface area contributed by atoms with Gasteiger partial charge in [-0.05, 0) is 99.2 Å². The van der Waals surface area contributed by atoms with Gasteiger partial charge in [0.25, 0.3) is 0 Å². The molecule has 3 N–H and O–H groups in total. The number of hydrogen-bond acceptors (Lipinski definition) is 4. The topological polar surface area (TPSA) is 94.8 Å². The van der Waals surface area contributed by atoms with Crippen LogP contribution in [0.15, 0.2) is 11.6 Å². The monoisotopic (exact) mass is 488 g/mol. The standard InChI is InChI=1S/C30H48O5/c1-18(25(33)34)9-8-14-30(7,35)24-19-10-11-22-27(4)15-13-23(32)26(2,3)21(27)12-16-28(22,5)29(19,6)17-20(24)31/h9,19-22,24,31,35H,8,10-17H2,1-7H3,(H,33,34)/b18-9+/t19-,20+,21+,22-,24-,27+,28-,29-,30+/m1/s1. The number of ketones is 1. The molecule has 0 unspecified atom stereocenters. The summed E-state index contributed by atoms with van der Waals surface area (Å²) in [6.07, 6.45) is 8.63. The summed E-state index contributed by atoms with van der Waals surface area (Å²) in [4.78, 5) is 24.0. The number of allylic oxidation sites excluding steroid dienone is 1. The second kappa shape index (κ2) is 8.41. The highest BCUT2D eigenvalue weighted by molar-refractivity contribution is 5.86. The van der Waals surface area contributed by atoms with E-state index in [-0.39, 0.29) is 33.5 Å². The second-order valence-electron chi connectivity index (χ2n) is 14.2. The van der Waals surface area contributed by atoms with Crippen molar-refractivity contribution >= 4 is 11.8 Å². The number of carbonyl (C=O) groups excluding carboxylic acids is 1. The van der Waals surface area contributed by atoms with Gasteiger partial charge in [-0.1, -0.05) is 40.7 Å². The van der Waals surface area contributed by atoms with Crippen molar-refractivity contribution in [2.45, 2.75) is 118 Å². The van der Waals surface area contributed by atoms with E-state index >= 15 is 0 Å². The van der Waals surface area contributed by atoms with Crippen molar-refractivity contribution in [3.8, 4) is 0 Å². The van der Waals surface area contributed by atoms with E-state index in [9.17, 15) is 19.8 Å². The van der Waals surface area contributed by atoms with Gasteiger partial charge in [0.05, 0.1) is 11.7 Å². The van der Waals surface area contributed by atoms with Crippen LogP contribution in [0.25, 0.3) is 0 Å². The maximum atomic E-state index is 12.9. The summed E-state index contributed by atoms with van der Waals surface area (Å²) in [7, 11) is 0. The van der Waals surface area contributed by atoms with Crippen molar-refractivity contribution in [3.05, 3.63) is 11.6 Å². The molecule has 0 aliphatic heterocycles. The number of aliphatic carboxylic acids is 1. The zero-order valence-corrected chi connectivity index (χ0v) is 23.0. The first kappa shape index (κ1) is 26.9. The van der Waals surface area contributed by atoms with Gasteiger partial charge in [-0.15, -0.1) is 0 Å². The molecular formula is C30H48O5. The van der Waals surface area contributed by atoms with E-state index in [1.54, 1.807) is 13.0 Å². The van der Waals surface area contributed by atoms with Crippen LogP contribution in [0.5, 0.6) is 0 Å². The molecule has 5 nitrogen and oxygen atoms in total. The van der Waals surface area contributed by atoms with Crippen LogP contribution in [0.2, 0.25) is 0 Å². The van der Waals surface area contributed by atoms with E-state index in [1.165, 1.54) is 0 Å². The predicted octanol–water partition coefficient (Wildman–Crippen LogP) is 5.77. The van der Waals surface area contributed by atoms with Crippen molar-refractivity contribution in [1.82, 2.24) is 0 Å². The molecule has 9 atom stereocenters. The Morgan fingerprint density at radius 3 is 2.34 bits per heavy atom. The first-order chi connectivity index (χ1) is 16.0. The van der Waals surface area contributed by atoms with Crippen LogP contribution >= 0.6 is 0 Å². The molecule has 0 amide bonds. The molecule has 0 radical (unpaired) electrons. The van der Waals surface area contributed by atoms with Crippen molar-refractivity contribution in [1.29, 1.82) is 0 Å². The maximum Gasteiger partial charge on any atom is 0.330 e. The van der Waals surface area contributed by atoms with Gasteiger partial charge in [0.2, 0.25) is 0 Å². The lowest BCUT2D eigenvalue weighted by Crippen LogP contribution is -2.63. The van der Waals surface area contributed by atoms with Crippen LogP contribution in [0.1, 0.15) is 106 Å². The van der Waals surface area contributed by atoms with Crippen molar-refractivity contribution in [2.75, 3.05) is 0 Å². The number of Topliss-reactive ketones (excluding diaryl/α,β-unsaturated/α-hetero) is 1. The Morgan fingerprint density at radius 1 is 1.06 bits per heavy atom. The second-order valence-corrected chi connectivity index (χ2v) is 14.2. The molecule has 4 saturated carbocycles. The molecule has 0 aromatic heterocycles. The highest BCUT2D eigenvalue weighted by atomic mass is 16.4. The molecule has 0 aromatic rings. The summed E-state index contributed by atoms with van der Waals surface area (Å²) in [6, 6.07) is 0. The van der Waals surface area contributed by atoms with Crippen LogP contribution < -0.4 is 0 Å². The van der Waals surface area contributed by atoms with E-state index in [4.69, 9.17) is 5.11 Å². The Hall–Kier alpha value is -1.20. The van der Waals surface area contributed by atoms with Crippen molar-refractivity contribution < 1.29 is 24.9 Å². The van der Waals surface area contributed by atoms with Crippen LogP contribution in [0.4, 0.5) is 0 Å². The quantitative estimate of drug-likeness (QED) is 0.427. The zero-order chi connectivity index (χ0) is 26.2. The number of aliphatic hydroxyl groups is 2. The van der Waals surface area contributed by atoms with Gasteiger partial charge in [0.15, 0.2) is 0 Å². The van der Waals surface area contributed by atoms with Gasteiger partial charge in [-0.25, -0.2) is 4.79 Å². The Morgan fingerprint density at radius 2 is 1.71 bits per heavy atom. The molecule has 198 valence electrons. The molecule has 0 spiro atoms. The van der Waals surface area contributed by atoms with Crippen LogP contribution in [-0.2, 0) is 9.59 Å². The van der Waals surface area contributed by atoms with Crippen LogP contribution in [-0.4, -0.2) is 38.8 Å². The number of carbonyl (C=O) groups is 2. The fraction of sp³-hybridized carbons (Fsp3) is 0.867. The molecule has 0 aromatic carbocycles. The van der Waals surface area contributed by atoms with Crippen LogP contribution in [0.3, 0.4) is 0 Å². The van der Waals surface area contributed by atoms with Crippen molar-refractivity contribution in [2.24, 2.45) is 45.3 Å². The summed E-state index contributed by atoms with van der Waals surface area (Å²) >= 11 is 0. The molecule has 0 bridgehead atoms. The Kier molecular flexibility index (Phi) is 6.45. The van der Waals surface area contributed by atoms with E-state index < -0.39 is 17.7 Å². The van der Waals surface area contributed by atoms with Gasteiger partial charge in [-0.2, -0.15) is 0 Å². The lowest BCUT2D eigenvalue weighted by atomic mass is 9.35. The molecule has 4 fully saturated rings. The summed E-state index contributed by atoms with van der Waals surface area (Å²) in [5.74, 6) is 0.433. The van der Waals surface area contributed by atoms with Crippen molar-refractivity contribution in [3.63, 3.8) is 0 Å². The van der Waals surface area contributed by atoms with Crippen LogP contribution in [0, 0.1) is 45.3 Å². The highest BCUT2D eigenvalue weighted by Gasteiger charge is 2.70. The van der Waals surface area contributed by atoms with E-state index in [0.29, 0.717) is 48.9 Å². The maximum absolute atomic E-state index is 12.9. The SMILES string of the molecule is C/C(=C\CC[C@](C)(O)[C@@H]1[C@H]2CC[C@@H]3[C@@]4(C)CCC(=O)C(C)(C)[C@@H]4CC[C@@]3(C)[C@]2(C)C[C@@H]1O)C(=O)O. The first-order valence-corrected chi connectivity index (χ1v) is 13.9. The minimum atomic E-state index is -1.05. The molecule has 4 rings (SSSR count). The first-order valence-electron chi connectivity index (χ1n) is 13.9. The summed E-state index contributed by atoms with van der Waals surface area (Å²) in [5, 5.41) is 32.2. The normalized spacial score (nSPS) is 46.8. The van der Waals surface area contributed by atoms with Gasteiger partial charge in [0.1, 0.15) is 5.78 Å². The Bertz CT molecular complexity index is 918. The largest absolute Gasteiger partial charge is 0.478 e. The molecule has 4 aliphatic rings. The molecule has 5 heteroatoms. The van der Waals surface area contributed by atoms with E-state index in [2.05, 4.69) is 34.6 Å². The third-order valence-electron chi connectivity index (χ3n) is 12.3. The molecule has 0 saturated heterocycles. The third-order valence-corrected chi connectivity index (χ3v) is 12.3. The highest BCUT2D eigenvalue weighted by Crippen LogP contribution is 2.75. The number of rotatable bonds is 5. The average molecular weight is 489 g/mol. The lowest BCUT2D eigenvalue weighted by Gasteiger charge is -2.69. The van der Waals surface area contributed by atoms with Gasteiger partial charge < -0.3 is 15.3 Å². The predicted molar refractivity (Wildman–Crippen MR) is 137 cm³/mol. The Labute approximate surface area is 211 Å². The smallest absolute Gasteiger partial charge is 0.330 e. The fourth-order valence-corrected chi connectivity index (χ4v) is 10.2. The summed E-state index contributed by atoms with van der Waals surface area (Å²) in [6.45, 7) is 15.0. The molecule has 0 heterocycles. The minimum Gasteiger partial charge on any atom is -0.478 e. The fourth-order valence-electron chi connectivity index (χ4n) is 10.2. The Balaban J connectivity index is 1.62. The average Bonchev–Trinajstić information content (AvgIpc) is 3.02. The number of aliphatic hydroxyl groups excluding tert-OH is 1. The van der Waals surface area contributed by atoms with Gasteiger partial charge in [0, 0.05) is 23.3 Å². The number of carboxylic acid groups (broad SMARTS) is 1. The summed E-state index contributed by atoms with van der Waals surface area (Å²) < 4.78 is 0.